The lowest BCUT2D eigenvalue weighted by Crippen LogP contribution is -2.46. The smallest absolute Gasteiger partial charge is 0.229 e. The van der Waals surface area contributed by atoms with Crippen LogP contribution in [0, 0.1) is 23.6 Å². The first-order valence-electron chi connectivity index (χ1n) is 9.60. The van der Waals surface area contributed by atoms with Crippen LogP contribution in [0.5, 0.6) is 0 Å². The maximum atomic E-state index is 14.5. The molecule has 7 nitrogen and oxygen atoms in total. The number of rotatable bonds is 1. The highest BCUT2D eigenvalue weighted by Gasteiger charge is 2.55. The van der Waals surface area contributed by atoms with Crippen LogP contribution in [0.15, 0.2) is 30.5 Å². The predicted octanol–water partition coefficient (Wildman–Crippen LogP) is 2.58. The van der Waals surface area contributed by atoms with Crippen LogP contribution < -0.4 is 16.4 Å². The van der Waals surface area contributed by atoms with Crippen molar-refractivity contribution in [2.24, 2.45) is 23.5 Å². The number of carbonyl (C=O) groups excluding carboxylic acids is 2. The molecule has 3 aliphatic rings. The Morgan fingerprint density at radius 2 is 2.17 bits per heavy atom. The zero-order valence-electron chi connectivity index (χ0n) is 15.5. The number of aromatic nitrogens is 2. The lowest BCUT2D eigenvalue weighted by Gasteiger charge is -2.35. The number of nitrogens with one attached hydrogen (secondary N) is 2. The predicted molar refractivity (Wildman–Crippen MR) is 109 cm³/mol. The van der Waals surface area contributed by atoms with Gasteiger partial charge in [0.15, 0.2) is 17.4 Å². The van der Waals surface area contributed by atoms with Gasteiger partial charge < -0.3 is 16.4 Å². The topological polar surface area (TPSA) is 110 Å². The molecule has 0 saturated heterocycles. The molecule has 2 aromatic rings. The van der Waals surface area contributed by atoms with Crippen molar-refractivity contribution in [3.63, 3.8) is 0 Å². The Labute approximate surface area is 171 Å². The van der Waals surface area contributed by atoms with E-state index in [9.17, 15) is 14.0 Å². The van der Waals surface area contributed by atoms with Gasteiger partial charge in [-0.3, -0.25) is 9.59 Å². The molecule has 5 rings (SSSR count). The molecule has 0 unspecified atom stereocenters. The number of thioether (sulfide) groups is 1. The van der Waals surface area contributed by atoms with Crippen LogP contribution in [0.25, 0.3) is 0 Å². The normalized spacial score (nSPS) is 30.2. The monoisotopic (exact) mass is 413 g/mol. The van der Waals surface area contributed by atoms with Gasteiger partial charge in [-0.25, -0.2) is 9.37 Å². The number of hydrogen-bond acceptors (Lipinski definition) is 7. The number of nitrogens with two attached hydrogens (primary N) is 1. The Kier molecular flexibility index (Phi) is 4.42. The van der Waals surface area contributed by atoms with Gasteiger partial charge in [0.1, 0.15) is 0 Å². The summed E-state index contributed by atoms with van der Waals surface area (Å²) in [4.78, 5) is 33.1. The number of anilines is 3. The second kappa shape index (κ2) is 6.98. The maximum absolute atomic E-state index is 14.5. The second-order valence-corrected chi connectivity index (χ2v) is 9.09. The van der Waals surface area contributed by atoms with Gasteiger partial charge in [0.05, 0.1) is 17.9 Å². The van der Waals surface area contributed by atoms with Crippen molar-refractivity contribution in [1.29, 1.82) is 0 Å². The molecule has 1 aromatic carbocycles. The van der Waals surface area contributed by atoms with E-state index >= 15 is 0 Å². The molecule has 1 aromatic heterocycles. The molecular weight excluding hydrogens is 393 g/mol. The van der Waals surface area contributed by atoms with E-state index in [1.54, 1.807) is 36.0 Å². The minimum absolute atomic E-state index is 0.0511. The van der Waals surface area contributed by atoms with Gasteiger partial charge in [-0.1, -0.05) is 12.1 Å². The Bertz CT molecular complexity index is 1000. The van der Waals surface area contributed by atoms with Gasteiger partial charge in [-0.05, 0) is 36.8 Å². The van der Waals surface area contributed by atoms with E-state index in [0.717, 1.165) is 19.0 Å². The van der Waals surface area contributed by atoms with Crippen LogP contribution in [0.1, 0.15) is 23.2 Å². The number of carbonyl (C=O) groups is 2. The SMILES string of the molecule is NC(=O)[C@H]1[C@@H]2C[C@H]3[C@H]1Nc1nc(ncc1F)Nc1cccc(c1)C(=O)CS[C@@H]3C2. The molecule has 1 aliphatic heterocycles. The fraction of sp³-hybridized carbons (Fsp3) is 0.400. The molecule has 0 spiro atoms. The molecule has 1 amide bonds. The van der Waals surface area contributed by atoms with Crippen LogP contribution in [-0.2, 0) is 4.79 Å². The lowest BCUT2D eigenvalue weighted by molar-refractivity contribution is -0.123. The van der Waals surface area contributed by atoms with Crippen LogP contribution in [-0.4, -0.2) is 38.7 Å². The standard InChI is InChI=1S/C20H20FN5O2S/c21-13-7-23-20-24-11-3-1-2-9(4-11)14(27)8-29-15-6-10-5-12(15)17(16(10)18(22)28)25-19(13)26-20/h1-4,7,10,12,15-17H,5-6,8H2,(H2,22,28)(H2,23,24,25,26)/t10-,12-,15-,16+,17-/m1/s1. The van der Waals surface area contributed by atoms with Gasteiger partial charge in [0, 0.05) is 22.5 Å². The van der Waals surface area contributed by atoms with E-state index in [2.05, 4.69) is 20.6 Å². The van der Waals surface area contributed by atoms with Crippen LogP contribution in [0.3, 0.4) is 0 Å². The van der Waals surface area contributed by atoms with Crippen molar-refractivity contribution in [2.45, 2.75) is 24.1 Å². The summed E-state index contributed by atoms with van der Waals surface area (Å²) in [5, 5.41) is 6.38. The minimum atomic E-state index is -0.582. The first-order valence-corrected chi connectivity index (χ1v) is 10.6. The van der Waals surface area contributed by atoms with Crippen LogP contribution >= 0.6 is 11.8 Å². The lowest BCUT2D eigenvalue weighted by atomic mass is 9.83. The Hall–Kier alpha value is -2.68. The minimum Gasteiger partial charge on any atom is -0.369 e. The molecule has 4 N–H and O–H groups in total. The van der Waals surface area contributed by atoms with E-state index < -0.39 is 5.82 Å². The molecular formula is C20H20FN5O2S. The number of ketones is 1. The van der Waals surface area contributed by atoms with E-state index in [1.165, 1.54) is 0 Å². The molecule has 29 heavy (non-hydrogen) atoms. The van der Waals surface area contributed by atoms with Crippen LogP contribution in [0.2, 0.25) is 0 Å². The van der Waals surface area contributed by atoms with Crippen molar-refractivity contribution >= 4 is 40.9 Å². The number of Topliss-reactive ketones (excluding diaryl/α,β-unsaturated/α-hetero) is 1. The summed E-state index contributed by atoms with van der Waals surface area (Å²) in [6, 6.07) is 6.81. The summed E-state index contributed by atoms with van der Waals surface area (Å²) in [6.45, 7) is 0. The number of nitrogens with zero attached hydrogens (tertiary/aromatic N) is 2. The van der Waals surface area contributed by atoms with Gasteiger partial charge in [-0.2, -0.15) is 4.98 Å². The number of amides is 1. The fourth-order valence-corrected chi connectivity index (χ4v) is 6.39. The van der Waals surface area contributed by atoms with Crippen molar-refractivity contribution in [1.82, 2.24) is 9.97 Å². The molecule has 2 heterocycles. The summed E-state index contributed by atoms with van der Waals surface area (Å²) < 4.78 is 14.5. The molecule has 150 valence electrons. The largest absolute Gasteiger partial charge is 0.369 e. The highest BCUT2D eigenvalue weighted by Crippen LogP contribution is 2.53. The number of fused-ring (bicyclic) bond motifs is 5. The average molecular weight is 413 g/mol. The van der Waals surface area contributed by atoms with E-state index in [-0.39, 0.29) is 52.5 Å². The third kappa shape index (κ3) is 3.23. The van der Waals surface area contributed by atoms with Gasteiger partial charge >= 0.3 is 0 Å². The number of halogens is 1. The van der Waals surface area contributed by atoms with Gasteiger partial charge in [0.25, 0.3) is 0 Å². The summed E-state index contributed by atoms with van der Waals surface area (Å²) in [7, 11) is 0. The number of primary amides is 1. The zero-order chi connectivity index (χ0) is 20.1. The van der Waals surface area contributed by atoms with Crippen molar-refractivity contribution in [3.05, 3.63) is 41.8 Å². The second-order valence-electron chi connectivity index (χ2n) is 7.86. The Morgan fingerprint density at radius 3 is 3.00 bits per heavy atom. The molecule has 2 saturated carbocycles. The van der Waals surface area contributed by atoms with Crippen molar-refractivity contribution < 1.29 is 14.0 Å². The van der Waals surface area contributed by atoms with Crippen LogP contribution in [0.4, 0.5) is 21.8 Å². The average Bonchev–Trinajstić information content (AvgIpc) is 3.26. The molecule has 0 radical (unpaired) electrons. The number of benzene rings is 1. The highest BCUT2D eigenvalue weighted by molar-refractivity contribution is 8.00. The molecule has 2 aliphatic carbocycles. The van der Waals surface area contributed by atoms with E-state index in [4.69, 9.17) is 5.73 Å². The fourth-order valence-electron chi connectivity index (χ4n) is 4.95. The van der Waals surface area contributed by atoms with E-state index in [1.807, 2.05) is 0 Å². The molecule has 6 bridgehead atoms. The van der Waals surface area contributed by atoms with Crippen molar-refractivity contribution in [2.75, 3.05) is 16.4 Å². The molecule has 9 heteroatoms. The summed E-state index contributed by atoms with van der Waals surface area (Å²) in [6.07, 6.45) is 2.77. The third-order valence-corrected chi connectivity index (χ3v) is 7.59. The maximum Gasteiger partial charge on any atom is 0.229 e. The summed E-state index contributed by atoms with van der Waals surface area (Å²) in [5.41, 5.74) is 6.93. The number of hydrogen-bond donors (Lipinski definition) is 3. The summed E-state index contributed by atoms with van der Waals surface area (Å²) >= 11 is 1.62. The van der Waals surface area contributed by atoms with Gasteiger partial charge in [-0.15, -0.1) is 11.8 Å². The zero-order valence-corrected chi connectivity index (χ0v) is 16.3. The highest BCUT2D eigenvalue weighted by atomic mass is 32.2. The Morgan fingerprint density at radius 1 is 1.31 bits per heavy atom. The molecule has 5 atom stereocenters. The summed E-state index contributed by atoms with van der Waals surface area (Å²) in [5.74, 6) is -0.396. The first-order chi connectivity index (χ1) is 14.0. The van der Waals surface area contributed by atoms with E-state index in [0.29, 0.717) is 17.0 Å². The molecule has 2 fully saturated rings. The first kappa shape index (κ1) is 18.4. The third-order valence-electron chi connectivity index (χ3n) is 6.19. The van der Waals surface area contributed by atoms with Gasteiger partial charge in [0.2, 0.25) is 11.9 Å². The Balaban J connectivity index is 1.56. The quantitative estimate of drug-likeness (QED) is 0.659. The van der Waals surface area contributed by atoms with Crippen molar-refractivity contribution in [3.8, 4) is 0 Å².